The molecule has 27 heavy (non-hydrogen) atoms. The number of nitrogens with one attached hydrogen (secondary N) is 2. The fourth-order valence-electron chi connectivity index (χ4n) is 3.91. The normalized spacial score (nSPS) is 26.3. The molecule has 3 rings (SSSR count). The molecule has 1 saturated heterocycles. The number of aliphatic hydroxyl groups is 1. The highest BCUT2D eigenvalue weighted by atomic mass is 32.2. The molecule has 3 N–H and O–H groups in total. The van der Waals surface area contributed by atoms with Crippen molar-refractivity contribution in [2.75, 3.05) is 24.6 Å². The maximum atomic E-state index is 12.4. The summed E-state index contributed by atoms with van der Waals surface area (Å²) in [5.41, 5.74) is 1.20. The van der Waals surface area contributed by atoms with E-state index >= 15 is 0 Å². The molecule has 9 heteroatoms. The lowest BCUT2D eigenvalue weighted by Crippen LogP contribution is -2.42. The van der Waals surface area contributed by atoms with Gasteiger partial charge in [0.15, 0.2) is 9.84 Å². The molecule has 1 aliphatic carbocycles. The zero-order chi connectivity index (χ0) is 19.5. The molecule has 7 nitrogen and oxygen atoms in total. The third-order valence-corrected chi connectivity index (χ3v) is 8.61. The van der Waals surface area contributed by atoms with Crippen LogP contribution in [-0.2, 0) is 19.9 Å². The topological polar surface area (TPSA) is 113 Å². The molecule has 0 bridgehead atoms. The van der Waals surface area contributed by atoms with Crippen LogP contribution in [0.3, 0.4) is 0 Å². The minimum atomic E-state index is -3.61. The molecule has 1 aromatic rings. The second kappa shape index (κ2) is 8.57. The molecule has 0 radical (unpaired) electrons. The van der Waals surface area contributed by atoms with Crippen molar-refractivity contribution in [3.05, 3.63) is 29.8 Å². The number of aliphatic hydroxyl groups excluding tert-OH is 1. The van der Waals surface area contributed by atoms with Crippen molar-refractivity contribution in [3.63, 3.8) is 0 Å². The number of rotatable bonds is 7. The van der Waals surface area contributed by atoms with Crippen molar-refractivity contribution in [2.45, 2.75) is 55.1 Å². The molecular weight excluding hydrogens is 388 g/mol. The van der Waals surface area contributed by atoms with Crippen molar-refractivity contribution in [1.82, 2.24) is 10.0 Å². The van der Waals surface area contributed by atoms with Gasteiger partial charge in [0, 0.05) is 19.1 Å². The summed E-state index contributed by atoms with van der Waals surface area (Å²) in [7, 11) is -6.83. The largest absolute Gasteiger partial charge is 0.390 e. The van der Waals surface area contributed by atoms with Gasteiger partial charge in [-0.15, -0.1) is 0 Å². The third-order valence-electron chi connectivity index (χ3n) is 5.41. The molecule has 0 unspecified atom stereocenters. The van der Waals surface area contributed by atoms with Gasteiger partial charge in [-0.3, -0.25) is 0 Å². The summed E-state index contributed by atoms with van der Waals surface area (Å²) in [6.45, 7) is 0.368. The zero-order valence-electron chi connectivity index (χ0n) is 15.3. The number of hydrogen-bond donors (Lipinski definition) is 3. The van der Waals surface area contributed by atoms with Crippen LogP contribution in [0.5, 0.6) is 0 Å². The summed E-state index contributed by atoms with van der Waals surface area (Å²) in [4.78, 5) is 0.227. The van der Waals surface area contributed by atoms with Crippen molar-refractivity contribution < 1.29 is 21.9 Å². The smallest absolute Gasteiger partial charge is 0.240 e. The van der Waals surface area contributed by atoms with Gasteiger partial charge in [0.25, 0.3) is 0 Å². The van der Waals surface area contributed by atoms with E-state index in [1.54, 1.807) is 12.1 Å². The molecule has 1 aliphatic heterocycles. The Morgan fingerprint density at radius 3 is 2.26 bits per heavy atom. The fraction of sp³-hybridized carbons (Fsp3) is 0.667. The highest BCUT2D eigenvalue weighted by Gasteiger charge is 2.35. The first kappa shape index (κ1) is 20.7. The van der Waals surface area contributed by atoms with Gasteiger partial charge in [-0.25, -0.2) is 21.6 Å². The molecule has 0 spiro atoms. The Hall–Kier alpha value is -1.00. The van der Waals surface area contributed by atoms with Gasteiger partial charge >= 0.3 is 0 Å². The molecule has 0 amide bonds. The van der Waals surface area contributed by atoms with Crippen LogP contribution >= 0.6 is 0 Å². The van der Waals surface area contributed by atoms with Crippen molar-refractivity contribution in [2.24, 2.45) is 0 Å². The first-order chi connectivity index (χ1) is 12.8. The molecule has 2 fully saturated rings. The van der Waals surface area contributed by atoms with E-state index in [1.165, 1.54) is 37.7 Å². The average molecular weight is 417 g/mol. The second-order valence-corrected chi connectivity index (χ2v) is 11.4. The lowest BCUT2D eigenvalue weighted by atomic mass is 9.84. The minimum absolute atomic E-state index is 0.121. The van der Waals surface area contributed by atoms with Crippen molar-refractivity contribution in [1.29, 1.82) is 0 Å². The summed E-state index contributed by atoms with van der Waals surface area (Å²) in [5.74, 6) is 0.162. The SMILES string of the molecule is O=S1(=O)C[C@H](O)[C@H](NCCNS(=O)(=O)c2ccc(C3CCCCC3)cc2)C1. The third kappa shape index (κ3) is 5.51. The van der Waals surface area contributed by atoms with Crippen LogP contribution in [0, 0.1) is 0 Å². The van der Waals surface area contributed by atoms with Crippen LogP contribution in [0.2, 0.25) is 0 Å². The summed E-state index contributed by atoms with van der Waals surface area (Å²) < 4.78 is 50.2. The number of sulfone groups is 1. The number of hydrogen-bond acceptors (Lipinski definition) is 6. The van der Waals surface area contributed by atoms with E-state index < -0.39 is 32.0 Å². The van der Waals surface area contributed by atoms with E-state index in [1.807, 2.05) is 12.1 Å². The highest BCUT2D eigenvalue weighted by Crippen LogP contribution is 2.32. The van der Waals surface area contributed by atoms with Gasteiger partial charge in [0.1, 0.15) is 0 Å². The van der Waals surface area contributed by atoms with E-state index in [9.17, 15) is 21.9 Å². The van der Waals surface area contributed by atoms with Crippen molar-refractivity contribution in [3.8, 4) is 0 Å². The fourth-order valence-corrected chi connectivity index (χ4v) is 6.71. The molecular formula is C18H28N2O5S2. The van der Waals surface area contributed by atoms with Gasteiger partial charge in [0.2, 0.25) is 10.0 Å². The summed E-state index contributed by atoms with van der Waals surface area (Å²) in [6, 6.07) is 6.56. The molecule has 2 aliphatic rings. The van der Waals surface area contributed by atoms with Crippen molar-refractivity contribution >= 4 is 19.9 Å². The van der Waals surface area contributed by atoms with Crippen LogP contribution < -0.4 is 10.0 Å². The lowest BCUT2D eigenvalue weighted by Gasteiger charge is -2.22. The predicted octanol–water partition coefficient (Wildman–Crippen LogP) is 0.760. The molecule has 152 valence electrons. The predicted molar refractivity (Wildman–Crippen MR) is 104 cm³/mol. The maximum Gasteiger partial charge on any atom is 0.240 e. The van der Waals surface area contributed by atoms with Gasteiger partial charge in [-0.2, -0.15) is 0 Å². The quantitative estimate of drug-likeness (QED) is 0.566. The highest BCUT2D eigenvalue weighted by molar-refractivity contribution is 7.91. The summed E-state index contributed by atoms with van der Waals surface area (Å²) in [5, 5.41) is 12.6. The van der Waals surface area contributed by atoms with E-state index in [4.69, 9.17) is 0 Å². The van der Waals surface area contributed by atoms with Crippen LogP contribution in [-0.4, -0.2) is 58.7 Å². The monoisotopic (exact) mass is 416 g/mol. The Kier molecular flexibility index (Phi) is 6.58. The maximum absolute atomic E-state index is 12.4. The van der Waals surface area contributed by atoms with Crippen LogP contribution in [0.15, 0.2) is 29.2 Å². The van der Waals surface area contributed by atoms with Gasteiger partial charge < -0.3 is 10.4 Å². The Morgan fingerprint density at radius 2 is 1.67 bits per heavy atom. The van der Waals surface area contributed by atoms with Gasteiger partial charge in [-0.05, 0) is 36.5 Å². The standard InChI is InChI=1S/C18H28N2O5S2/c21-18-13-26(22,23)12-17(18)19-10-11-20-27(24,25)16-8-6-15(7-9-16)14-4-2-1-3-5-14/h6-9,14,17-21H,1-5,10-13H2/t17-,18+/m1/s1. The molecule has 1 heterocycles. The molecule has 1 aromatic carbocycles. The minimum Gasteiger partial charge on any atom is -0.390 e. The Labute approximate surface area is 161 Å². The van der Waals surface area contributed by atoms with Crippen LogP contribution in [0.1, 0.15) is 43.6 Å². The summed E-state index contributed by atoms with van der Waals surface area (Å²) >= 11 is 0. The van der Waals surface area contributed by atoms with Crippen LogP contribution in [0.4, 0.5) is 0 Å². The lowest BCUT2D eigenvalue weighted by molar-refractivity contribution is 0.166. The first-order valence-corrected chi connectivity index (χ1v) is 12.8. The first-order valence-electron chi connectivity index (χ1n) is 9.48. The molecule has 2 atom stereocenters. The van der Waals surface area contributed by atoms with E-state index in [0.29, 0.717) is 5.92 Å². The molecule has 1 saturated carbocycles. The number of benzene rings is 1. The Bertz CT molecular complexity index is 831. The van der Waals surface area contributed by atoms with E-state index in [0.717, 1.165) is 0 Å². The van der Waals surface area contributed by atoms with Gasteiger partial charge in [0.05, 0.1) is 22.5 Å². The Balaban J connectivity index is 1.49. The van der Waals surface area contributed by atoms with Gasteiger partial charge in [-0.1, -0.05) is 31.4 Å². The van der Waals surface area contributed by atoms with E-state index in [2.05, 4.69) is 10.0 Å². The average Bonchev–Trinajstić information content (AvgIpc) is 2.91. The Morgan fingerprint density at radius 1 is 1.00 bits per heavy atom. The van der Waals surface area contributed by atoms with E-state index in [-0.39, 0.29) is 29.5 Å². The second-order valence-electron chi connectivity index (χ2n) is 7.51. The zero-order valence-corrected chi connectivity index (χ0v) is 16.9. The number of sulfonamides is 1. The van der Waals surface area contributed by atoms with Crippen LogP contribution in [0.25, 0.3) is 0 Å². The molecule has 0 aromatic heterocycles. The summed E-state index contributed by atoms with van der Waals surface area (Å²) in [6.07, 6.45) is 5.13.